The molecule has 4 amide bonds. The van der Waals surface area contributed by atoms with Gasteiger partial charge in [-0.2, -0.15) is 0 Å². The summed E-state index contributed by atoms with van der Waals surface area (Å²) in [6, 6.07) is 35.5. The van der Waals surface area contributed by atoms with Crippen molar-refractivity contribution in [3.8, 4) is 34.5 Å². The standard InChI is InChI=1S/C21H22N2O5.C19H20N2O10S2.C11H10O4.C8H8O3.C3H10N2.2CH4/c1-15(24)28-19-10-3-16(4-11-19)5-12-20(26)22-13-2-14-23-21(27)17-6-8-18(25)9-7-17;22-18(11-4-14-2-7-16(8-3-14)30-32(24,25)26)20-12-1-13-21-19(23)15-5-9-17(10-6-15)31-33(27,28)29;1-8(12)15-10-5-2-9(3-6-10)4-7-11(13)14;1-11-8(10)6-2-4-7(9)5-3-6;4-2-1-3-5;;/h3-12,25H,2,13-14H2,1H3,(H,22,26)(H,23,27);2-11H,1,12-13H2,(H,20,22)(H,21,23)(H,24,25,26)(H,27,28,29);2-7H,1H3,(H,13,14);2-5,9H,1H3;1-5H2;2*1H4/p-2/b12-5+;11-4+;7-4+;;;;. The maximum atomic E-state index is 12.0. The number of hydrogen-bond acceptors (Lipinski definition) is 23. The number of nitrogens with one attached hydrogen (secondary N) is 4. The third-order valence-electron chi connectivity index (χ3n) is 10.7. The summed E-state index contributed by atoms with van der Waals surface area (Å²) in [7, 11) is -8.43. The summed E-state index contributed by atoms with van der Waals surface area (Å²) in [6.45, 7) is 5.44. The van der Waals surface area contributed by atoms with Crippen molar-refractivity contribution in [3.63, 3.8) is 0 Å². The van der Waals surface area contributed by atoms with Crippen LogP contribution in [0.3, 0.4) is 0 Å². The fourth-order valence-corrected chi connectivity index (χ4v) is 7.13. The monoisotopic (exact) mass is 1340 g/mol. The number of nitrogens with two attached hydrogens (primary N) is 2. The lowest BCUT2D eigenvalue weighted by molar-refractivity contribution is -0.132. The van der Waals surface area contributed by atoms with Crippen LogP contribution in [0, 0.1) is 0 Å². The van der Waals surface area contributed by atoms with Crippen molar-refractivity contribution >= 4 is 86.5 Å². The minimum atomic E-state index is -4.89. The lowest BCUT2D eigenvalue weighted by Gasteiger charge is -2.09. The molecule has 94 heavy (non-hydrogen) atoms. The fourth-order valence-electron chi connectivity index (χ4n) is 6.44. The van der Waals surface area contributed by atoms with E-state index in [1.165, 1.54) is 142 Å². The summed E-state index contributed by atoms with van der Waals surface area (Å²) in [5.74, 6) is -2.70. The van der Waals surface area contributed by atoms with Gasteiger partial charge < -0.3 is 79.7 Å². The molecule has 0 spiro atoms. The van der Waals surface area contributed by atoms with Gasteiger partial charge >= 0.3 is 23.9 Å². The number of carbonyl (C=O) groups is 8. The van der Waals surface area contributed by atoms with E-state index in [-0.39, 0.29) is 80.3 Å². The van der Waals surface area contributed by atoms with E-state index in [1.807, 2.05) is 0 Å². The molecule has 508 valence electrons. The summed E-state index contributed by atoms with van der Waals surface area (Å²) in [5, 5.41) is 37.2. The average molecular weight is 1350 g/mol. The second-order valence-electron chi connectivity index (χ2n) is 18.1. The Morgan fingerprint density at radius 2 is 0.745 bits per heavy atom. The maximum absolute atomic E-state index is 12.0. The van der Waals surface area contributed by atoms with E-state index in [2.05, 4.69) is 34.4 Å². The van der Waals surface area contributed by atoms with Gasteiger partial charge in [0.1, 0.15) is 34.5 Å². The van der Waals surface area contributed by atoms with Gasteiger partial charge in [0.05, 0.1) is 12.7 Å². The Morgan fingerprint density at radius 1 is 0.447 bits per heavy atom. The molecule has 0 aliphatic carbocycles. The third kappa shape index (κ3) is 40.1. The Labute approximate surface area is 545 Å². The van der Waals surface area contributed by atoms with Crippen molar-refractivity contribution < 1.29 is 102 Å². The van der Waals surface area contributed by atoms with Gasteiger partial charge in [-0.25, -0.2) is 26.4 Å². The molecule has 6 aromatic rings. The molecular formula is C64H76N6O22S2-2. The van der Waals surface area contributed by atoms with Crippen LogP contribution in [0.15, 0.2) is 164 Å². The van der Waals surface area contributed by atoms with Crippen molar-refractivity contribution in [1.82, 2.24) is 21.3 Å². The van der Waals surface area contributed by atoms with Crippen LogP contribution in [0.4, 0.5) is 0 Å². The number of esters is 3. The van der Waals surface area contributed by atoms with E-state index in [0.717, 1.165) is 36.7 Å². The lowest BCUT2D eigenvalue weighted by Crippen LogP contribution is -2.29. The summed E-state index contributed by atoms with van der Waals surface area (Å²) in [6.07, 6.45) is 10.2. The van der Waals surface area contributed by atoms with E-state index in [0.29, 0.717) is 54.1 Å². The molecule has 0 aliphatic heterocycles. The first-order valence-electron chi connectivity index (χ1n) is 27.1. The molecule has 0 radical (unpaired) electrons. The van der Waals surface area contributed by atoms with E-state index < -0.39 is 44.6 Å². The minimum Gasteiger partial charge on any atom is -0.716 e. The summed E-state index contributed by atoms with van der Waals surface area (Å²) >= 11 is 0. The highest BCUT2D eigenvalue weighted by molar-refractivity contribution is 7.81. The van der Waals surface area contributed by atoms with Gasteiger partial charge in [0.2, 0.25) is 11.8 Å². The van der Waals surface area contributed by atoms with Gasteiger partial charge in [0.25, 0.3) is 32.6 Å². The van der Waals surface area contributed by atoms with Crippen LogP contribution >= 0.6 is 0 Å². The zero-order chi connectivity index (χ0) is 68.5. The Balaban J connectivity index is 0.00000127. The van der Waals surface area contributed by atoms with Gasteiger partial charge in [-0.1, -0.05) is 51.3 Å². The quantitative estimate of drug-likeness (QED) is 0.00788. The molecule has 0 aliphatic rings. The van der Waals surface area contributed by atoms with E-state index in [1.54, 1.807) is 54.6 Å². The van der Waals surface area contributed by atoms with E-state index in [9.17, 15) is 69.4 Å². The number of ether oxygens (including phenoxy) is 3. The first-order valence-corrected chi connectivity index (χ1v) is 29.8. The second-order valence-corrected chi connectivity index (χ2v) is 20.0. The number of hydrogen-bond donors (Lipinski definition) is 9. The number of carboxylic acid groups (broad SMARTS) is 1. The van der Waals surface area contributed by atoms with Crippen LogP contribution in [-0.2, 0) is 49.5 Å². The third-order valence-corrected chi connectivity index (χ3v) is 11.4. The summed E-state index contributed by atoms with van der Waals surface area (Å²) < 4.78 is 85.6. The lowest BCUT2D eigenvalue weighted by atomic mass is 10.2. The highest BCUT2D eigenvalue weighted by Gasteiger charge is 2.09. The van der Waals surface area contributed by atoms with Crippen LogP contribution in [0.2, 0.25) is 0 Å². The number of carbonyl (C=O) groups excluding carboxylic acids is 7. The largest absolute Gasteiger partial charge is 0.716 e. The predicted molar refractivity (Wildman–Crippen MR) is 347 cm³/mol. The van der Waals surface area contributed by atoms with Gasteiger partial charge in [-0.3, -0.25) is 28.8 Å². The molecular weight excluding hydrogens is 1270 g/mol. The molecule has 0 saturated carbocycles. The van der Waals surface area contributed by atoms with Crippen LogP contribution in [0.5, 0.6) is 34.5 Å². The number of amides is 4. The van der Waals surface area contributed by atoms with Crippen LogP contribution < -0.4 is 50.6 Å². The molecule has 30 heteroatoms. The van der Waals surface area contributed by atoms with Crippen LogP contribution in [0.1, 0.15) is 95.7 Å². The average Bonchev–Trinajstić information content (AvgIpc) is 1.03. The summed E-state index contributed by atoms with van der Waals surface area (Å²) in [5.41, 5.74) is 13.3. The Morgan fingerprint density at radius 3 is 1.04 bits per heavy atom. The number of phenols is 2. The molecule has 28 nitrogen and oxygen atoms in total. The van der Waals surface area contributed by atoms with Crippen LogP contribution in [0.25, 0.3) is 18.2 Å². The first kappa shape index (κ1) is 83.2. The minimum absolute atomic E-state index is 0. The zero-order valence-electron chi connectivity index (χ0n) is 49.8. The maximum Gasteiger partial charge on any atom is 0.337 e. The molecule has 0 atom stereocenters. The Hall–Kier alpha value is -10.8. The molecule has 6 aromatic carbocycles. The van der Waals surface area contributed by atoms with Gasteiger partial charge in [0, 0.05) is 69.4 Å². The number of benzene rings is 6. The molecule has 6 rings (SSSR count). The fraction of sp³-hybridized carbons (Fsp3) is 0.219. The highest BCUT2D eigenvalue weighted by Crippen LogP contribution is 2.18. The number of rotatable bonds is 25. The Bertz CT molecular complexity index is 3640. The number of aromatic hydroxyl groups is 2. The normalized spacial score (nSPS) is 10.4. The topological polar surface area (TPSA) is 458 Å². The number of carboxylic acids is 1. The SMILES string of the molecule is C.C.CC(=O)Oc1ccc(/C=C/C(=O)NCCCNC(=O)c2ccc(O)cc2)cc1.CC(=O)Oc1ccc(/C=C/C(=O)O)cc1.COC(=O)c1ccc(O)cc1.NCCCN.O=C(/C=C/c1ccc(OS(=O)(=O)[O-])cc1)NCCCNC(=O)c1ccc(OS(=O)(=O)[O-])cc1. The predicted octanol–water partition coefficient (Wildman–Crippen LogP) is 6.04. The molecule has 11 N–H and O–H groups in total. The molecule has 0 bridgehead atoms. The first-order chi connectivity index (χ1) is 43.6. The second kappa shape index (κ2) is 45.5. The van der Waals surface area contributed by atoms with Crippen molar-refractivity contribution in [3.05, 3.63) is 197 Å². The van der Waals surface area contributed by atoms with E-state index in [4.69, 9.17) is 31.2 Å². The number of aliphatic carboxylic acids is 1. The van der Waals surface area contributed by atoms with Crippen LogP contribution in [-0.4, -0.2) is 135 Å². The molecule has 0 unspecified atom stereocenters. The zero-order valence-corrected chi connectivity index (χ0v) is 51.4. The van der Waals surface area contributed by atoms with Gasteiger partial charge in [0.15, 0.2) is 0 Å². The number of methoxy groups -OCH3 is 1. The van der Waals surface area contributed by atoms with E-state index >= 15 is 0 Å². The molecule has 0 heterocycles. The van der Waals surface area contributed by atoms with Crippen molar-refractivity contribution in [2.24, 2.45) is 11.5 Å². The van der Waals surface area contributed by atoms with Crippen molar-refractivity contribution in [1.29, 1.82) is 0 Å². The van der Waals surface area contributed by atoms with Crippen molar-refractivity contribution in [2.45, 2.75) is 48.0 Å². The number of phenolic OH excluding ortho intramolecular Hbond substituents is 2. The highest BCUT2D eigenvalue weighted by atomic mass is 32.3. The van der Waals surface area contributed by atoms with Crippen molar-refractivity contribution in [2.75, 3.05) is 46.4 Å². The smallest absolute Gasteiger partial charge is 0.337 e. The Kier molecular flexibility index (Phi) is 40.3. The molecule has 0 aromatic heterocycles. The summed E-state index contributed by atoms with van der Waals surface area (Å²) in [4.78, 5) is 90.0. The van der Waals surface area contributed by atoms with Gasteiger partial charge in [-0.05, 0) is 176 Å². The van der Waals surface area contributed by atoms with Gasteiger partial charge in [-0.15, -0.1) is 0 Å². The molecule has 0 fully saturated rings. The molecule has 0 saturated heterocycles.